The summed E-state index contributed by atoms with van der Waals surface area (Å²) in [6.45, 7) is 4.41. The molecule has 0 saturated carbocycles. The third kappa shape index (κ3) is 6.12. The van der Waals surface area contributed by atoms with Crippen LogP contribution in [0.4, 0.5) is 5.69 Å². The molecule has 0 spiro atoms. The van der Waals surface area contributed by atoms with Gasteiger partial charge in [0.25, 0.3) is 0 Å². The first-order valence-corrected chi connectivity index (χ1v) is 12.0. The van der Waals surface area contributed by atoms with Gasteiger partial charge in [-0.2, -0.15) is 4.31 Å². The lowest BCUT2D eigenvalue weighted by Crippen LogP contribution is -2.30. The largest absolute Gasteiger partial charge is 0.325 e. The number of thioether (sulfide) groups is 1. The summed E-state index contributed by atoms with van der Waals surface area (Å²) in [4.78, 5) is 12.3. The van der Waals surface area contributed by atoms with Crippen LogP contribution in [0.15, 0.2) is 47.4 Å². The van der Waals surface area contributed by atoms with Gasteiger partial charge in [-0.05, 0) is 42.0 Å². The number of hydrogen-bond donors (Lipinski definition) is 1. The lowest BCUT2D eigenvalue weighted by atomic mass is 10.2. The van der Waals surface area contributed by atoms with Gasteiger partial charge in [0.2, 0.25) is 15.9 Å². The second-order valence-corrected chi connectivity index (χ2v) is 9.64. The maximum Gasteiger partial charge on any atom is 0.243 e. The molecule has 1 N–H and O–H groups in total. The molecule has 0 aliphatic carbocycles. The molecule has 2 rings (SSSR count). The standard InChI is InChI=1S/C19H22Cl2N2O3S2/c1-3-23(4-2)28(25,26)16-8-6-15(7-9-16)22-19(24)13-27-12-14-5-10-17(20)18(21)11-14/h5-11H,3-4,12-13H2,1-2H3,(H,22,24). The number of nitrogens with one attached hydrogen (secondary N) is 1. The number of carbonyl (C=O) groups is 1. The van der Waals surface area contributed by atoms with E-state index in [0.717, 1.165) is 5.56 Å². The topological polar surface area (TPSA) is 66.5 Å². The molecule has 0 radical (unpaired) electrons. The molecule has 0 heterocycles. The van der Waals surface area contributed by atoms with Gasteiger partial charge in [-0.15, -0.1) is 11.8 Å². The Morgan fingerprint density at radius 1 is 1.04 bits per heavy atom. The number of hydrogen-bond acceptors (Lipinski definition) is 4. The van der Waals surface area contributed by atoms with Gasteiger partial charge in [0, 0.05) is 24.5 Å². The van der Waals surface area contributed by atoms with Gasteiger partial charge < -0.3 is 5.32 Å². The second-order valence-electron chi connectivity index (χ2n) is 5.90. The zero-order chi connectivity index (χ0) is 20.7. The highest BCUT2D eigenvalue weighted by Crippen LogP contribution is 2.25. The summed E-state index contributed by atoms with van der Waals surface area (Å²) in [6, 6.07) is 11.6. The van der Waals surface area contributed by atoms with Crippen molar-refractivity contribution in [2.45, 2.75) is 24.5 Å². The Morgan fingerprint density at radius 3 is 2.25 bits per heavy atom. The van der Waals surface area contributed by atoms with E-state index in [1.165, 1.54) is 28.2 Å². The highest BCUT2D eigenvalue weighted by molar-refractivity contribution is 7.99. The number of sulfonamides is 1. The summed E-state index contributed by atoms with van der Waals surface area (Å²) in [5.74, 6) is 0.731. The predicted molar refractivity (Wildman–Crippen MR) is 118 cm³/mol. The Bertz CT molecular complexity index is 915. The quantitative estimate of drug-likeness (QED) is 0.577. The van der Waals surface area contributed by atoms with Crippen molar-refractivity contribution in [3.63, 3.8) is 0 Å². The molecule has 5 nitrogen and oxygen atoms in total. The smallest absolute Gasteiger partial charge is 0.243 e. The highest BCUT2D eigenvalue weighted by Gasteiger charge is 2.21. The third-order valence-corrected chi connectivity index (χ3v) is 7.77. The number of nitrogens with zero attached hydrogens (tertiary/aromatic N) is 1. The Balaban J connectivity index is 1.89. The summed E-state index contributed by atoms with van der Waals surface area (Å²) in [7, 11) is -3.50. The Morgan fingerprint density at radius 2 is 1.68 bits per heavy atom. The molecule has 2 aromatic carbocycles. The molecule has 0 saturated heterocycles. The van der Waals surface area contributed by atoms with Crippen molar-refractivity contribution in [2.75, 3.05) is 24.2 Å². The average molecular weight is 461 g/mol. The maximum absolute atomic E-state index is 12.5. The normalized spacial score (nSPS) is 11.6. The van der Waals surface area contributed by atoms with E-state index in [4.69, 9.17) is 23.2 Å². The van der Waals surface area contributed by atoms with Crippen LogP contribution in [0.5, 0.6) is 0 Å². The van der Waals surface area contributed by atoms with Gasteiger partial charge in [0.15, 0.2) is 0 Å². The third-order valence-electron chi connectivity index (χ3n) is 3.97. The molecular weight excluding hydrogens is 439 g/mol. The number of halogens is 2. The molecule has 0 fully saturated rings. The van der Waals surface area contributed by atoms with Gasteiger partial charge in [-0.25, -0.2) is 8.42 Å². The van der Waals surface area contributed by atoms with Crippen LogP contribution in [-0.2, 0) is 20.6 Å². The number of amides is 1. The SMILES string of the molecule is CCN(CC)S(=O)(=O)c1ccc(NC(=O)CSCc2ccc(Cl)c(Cl)c2)cc1. The van der Waals surface area contributed by atoms with E-state index in [1.54, 1.807) is 38.1 Å². The summed E-state index contributed by atoms with van der Waals surface area (Å²) in [6.07, 6.45) is 0. The van der Waals surface area contributed by atoms with E-state index >= 15 is 0 Å². The molecule has 0 bridgehead atoms. The molecule has 0 aromatic heterocycles. The van der Waals surface area contributed by atoms with Crippen LogP contribution in [0.3, 0.4) is 0 Å². The van der Waals surface area contributed by atoms with E-state index in [9.17, 15) is 13.2 Å². The number of benzene rings is 2. The molecule has 1 amide bonds. The minimum Gasteiger partial charge on any atom is -0.325 e. The van der Waals surface area contributed by atoms with E-state index in [0.29, 0.717) is 34.6 Å². The molecule has 0 atom stereocenters. The minimum atomic E-state index is -3.50. The molecule has 0 aliphatic rings. The van der Waals surface area contributed by atoms with Crippen LogP contribution in [0.1, 0.15) is 19.4 Å². The van der Waals surface area contributed by atoms with Crippen molar-refractivity contribution in [2.24, 2.45) is 0 Å². The monoisotopic (exact) mass is 460 g/mol. The summed E-state index contributed by atoms with van der Waals surface area (Å²) in [5, 5.41) is 3.76. The molecule has 152 valence electrons. The summed E-state index contributed by atoms with van der Waals surface area (Å²) >= 11 is 13.3. The van der Waals surface area contributed by atoms with E-state index in [2.05, 4.69) is 5.32 Å². The molecule has 28 heavy (non-hydrogen) atoms. The zero-order valence-electron chi connectivity index (χ0n) is 15.6. The summed E-state index contributed by atoms with van der Waals surface area (Å²) < 4.78 is 26.3. The number of carbonyl (C=O) groups excluding carboxylic acids is 1. The minimum absolute atomic E-state index is 0.163. The van der Waals surface area contributed by atoms with Crippen LogP contribution in [-0.4, -0.2) is 37.5 Å². The van der Waals surface area contributed by atoms with Crippen LogP contribution < -0.4 is 5.32 Å². The van der Waals surface area contributed by atoms with Gasteiger partial charge in [-0.3, -0.25) is 4.79 Å². The van der Waals surface area contributed by atoms with Gasteiger partial charge in [0.1, 0.15) is 0 Å². The van der Waals surface area contributed by atoms with Crippen molar-refractivity contribution < 1.29 is 13.2 Å². The van der Waals surface area contributed by atoms with Crippen LogP contribution >= 0.6 is 35.0 Å². The Hall–Kier alpha value is -1.25. The molecular formula is C19H22Cl2N2O3S2. The first-order valence-electron chi connectivity index (χ1n) is 8.69. The van der Waals surface area contributed by atoms with E-state index < -0.39 is 10.0 Å². The molecule has 0 aliphatic heterocycles. The molecule has 2 aromatic rings. The fourth-order valence-electron chi connectivity index (χ4n) is 2.51. The van der Waals surface area contributed by atoms with E-state index in [-0.39, 0.29) is 16.6 Å². The van der Waals surface area contributed by atoms with Crippen molar-refractivity contribution in [3.05, 3.63) is 58.1 Å². The Labute approximate surface area is 180 Å². The van der Waals surface area contributed by atoms with E-state index in [1.807, 2.05) is 6.07 Å². The van der Waals surface area contributed by atoms with Gasteiger partial charge >= 0.3 is 0 Å². The highest BCUT2D eigenvalue weighted by atomic mass is 35.5. The van der Waals surface area contributed by atoms with Crippen molar-refractivity contribution in [3.8, 4) is 0 Å². The predicted octanol–water partition coefficient (Wildman–Crippen LogP) is 4.90. The first kappa shape index (κ1) is 23.0. The van der Waals surface area contributed by atoms with Crippen molar-refractivity contribution in [1.29, 1.82) is 0 Å². The van der Waals surface area contributed by atoms with Crippen molar-refractivity contribution >= 4 is 56.6 Å². The number of rotatable bonds is 9. The molecule has 0 unspecified atom stereocenters. The Kier molecular flexibility index (Phi) is 8.64. The second kappa shape index (κ2) is 10.5. The fourth-order valence-corrected chi connectivity index (χ4v) is 5.06. The molecule has 9 heteroatoms. The lowest BCUT2D eigenvalue weighted by Gasteiger charge is -2.18. The number of anilines is 1. The fraction of sp³-hybridized carbons (Fsp3) is 0.316. The zero-order valence-corrected chi connectivity index (χ0v) is 18.8. The maximum atomic E-state index is 12.5. The average Bonchev–Trinajstić information content (AvgIpc) is 2.66. The van der Waals surface area contributed by atoms with Crippen LogP contribution in [0.25, 0.3) is 0 Å². The lowest BCUT2D eigenvalue weighted by molar-refractivity contribution is -0.113. The first-order chi connectivity index (χ1) is 13.3. The van der Waals surface area contributed by atoms with Crippen molar-refractivity contribution in [1.82, 2.24) is 4.31 Å². The van der Waals surface area contributed by atoms with Crippen LogP contribution in [0, 0.1) is 0 Å². The van der Waals surface area contributed by atoms with Gasteiger partial charge in [-0.1, -0.05) is 43.1 Å². The summed E-state index contributed by atoms with van der Waals surface area (Å²) in [5.41, 5.74) is 1.54. The van der Waals surface area contributed by atoms with Crippen LogP contribution in [0.2, 0.25) is 10.0 Å². The van der Waals surface area contributed by atoms with Gasteiger partial charge in [0.05, 0.1) is 20.7 Å².